The molecule has 0 saturated heterocycles. The monoisotopic (exact) mass is 358 g/mol. The Kier molecular flexibility index (Phi) is 7.52. The molecule has 5 heteroatoms. The maximum absolute atomic E-state index is 13.3. The molecule has 0 fully saturated rings. The van der Waals surface area contributed by atoms with Gasteiger partial charge in [0.15, 0.2) is 5.78 Å². The van der Waals surface area contributed by atoms with Crippen molar-refractivity contribution in [2.75, 3.05) is 19.8 Å². The van der Waals surface area contributed by atoms with E-state index in [2.05, 4.69) is 0 Å². The molecule has 0 radical (unpaired) electrons. The van der Waals surface area contributed by atoms with Crippen LogP contribution in [-0.2, 0) is 13.3 Å². The Balaban J connectivity index is 2.52. The van der Waals surface area contributed by atoms with Gasteiger partial charge in [-0.2, -0.15) is 0 Å². The molecular formula is C20H26O4Si. The van der Waals surface area contributed by atoms with E-state index < -0.39 is 8.80 Å². The van der Waals surface area contributed by atoms with E-state index in [0.717, 1.165) is 0 Å². The first-order valence-electron chi connectivity index (χ1n) is 8.75. The first-order chi connectivity index (χ1) is 12.2. The number of rotatable bonds is 10. The van der Waals surface area contributed by atoms with Crippen LogP contribution in [0.3, 0.4) is 0 Å². The highest BCUT2D eigenvalue weighted by Crippen LogP contribution is 2.27. The zero-order chi connectivity index (χ0) is 18.1. The summed E-state index contributed by atoms with van der Waals surface area (Å²) in [7, 11) is -3.29. The van der Waals surface area contributed by atoms with Crippen LogP contribution >= 0.6 is 0 Å². The van der Waals surface area contributed by atoms with Crippen molar-refractivity contribution in [3.8, 4) is 0 Å². The van der Waals surface area contributed by atoms with Crippen LogP contribution in [0.5, 0.6) is 0 Å². The summed E-state index contributed by atoms with van der Waals surface area (Å²) in [5.74, 6) is -0.0628. The van der Waals surface area contributed by atoms with Gasteiger partial charge in [0.1, 0.15) is 0 Å². The van der Waals surface area contributed by atoms with Gasteiger partial charge in [0.05, 0.1) is 5.20 Å². The Bertz CT molecular complexity index is 620. The van der Waals surface area contributed by atoms with Gasteiger partial charge >= 0.3 is 8.80 Å². The van der Waals surface area contributed by atoms with Gasteiger partial charge in [0.2, 0.25) is 0 Å². The van der Waals surface area contributed by atoms with Crippen LogP contribution in [0.15, 0.2) is 65.9 Å². The first kappa shape index (κ1) is 19.5. The highest BCUT2D eigenvalue weighted by Gasteiger charge is 2.49. The largest absolute Gasteiger partial charge is 0.540 e. The molecule has 2 rings (SSSR count). The molecule has 4 nitrogen and oxygen atoms in total. The Hall–Kier alpha value is -1.79. The van der Waals surface area contributed by atoms with Gasteiger partial charge in [-0.25, -0.2) is 0 Å². The minimum absolute atomic E-state index is 0.0379. The first-order valence-corrected chi connectivity index (χ1v) is 10.5. The second-order valence-corrected chi connectivity index (χ2v) is 7.99. The lowest BCUT2D eigenvalue weighted by molar-refractivity contribution is 0.0762. The van der Waals surface area contributed by atoms with Gasteiger partial charge in [0, 0.05) is 31.3 Å². The van der Waals surface area contributed by atoms with Crippen molar-refractivity contribution in [1.29, 1.82) is 0 Å². The Morgan fingerprint density at radius 2 is 1.48 bits per heavy atom. The number of hydrogen-bond donors (Lipinski definition) is 0. The third-order valence-electron chi connectivity index (χ3n) is 3.75. The third kappa shape index (κ3) is 4.86. The average Bonchev–Trinajstić information content (AvgIpc) is 3.14. The van der Waals surface area contributed by atoms with Gasteiger partial charge in [-0.3, -0.25) is 4.79 Å². The molecule has 0 saturated carbocycles. The predicted molar refractivity (Wildman–Crippen MR) is 101 cm³/mol. The van der Waals surface area contributed by atoms with Crippen LogP contribution in [0.1, 0.15) is 31.1 Å². The molecule has 0 heterocycles. The van der Waals surface area contributed by atoms with Crippen molar-refractivity contribution in [2.45, 2.75) is 20.8 Å². The van der Waals surface area contributed by atoms with Crippen LogP contribution in [0.25, 0.3) is 0 Å². The van der Waals surface area contributed by atoms with Crippen molar-refractivity contribution in [1.82, 2.24) is 0 Å². The summed E-state index contributed by atoms with van der Waals surface area (Å²) in [6, 6.07) is 9.21. The highest BCUT2D eigenvalue weighted by atomic mass is 28.4. The Morgan fingerprint density at radius 1 is 0.960 bits per heavy atom. The molecule has 0 unspecified atom stereocenters. The fourth-order valence-corrected chi connectivity index (χ4v) is 5.42. The number of carbonyl (C=O) groups excluding carboxylic acids is 1. The van der Waals surface area contributed by atoms with Crippen molar-refractivity contribution in [2.24, 2.45) is 5.92 Å². The van der Waals surface area contributed by atoms with E-state index in [0.29, 0.717) is 30.6 Å². The van der Waals surface area contributed by atoms with E-state index in [-0.39, 0.29) is 11.7 Å². The van der Waals surface area contributed by atoms with Crippen LogP contribution in [0, 0.1) is 5.92 Å². The van der Waals surface area contributed by atoms with E-state index in [9.17, 15) is 4.79 Å². The topological polar surface area (TPSA) is 44.8 Å². The van der Waals surface area contributed by atoms with E-state index in [4.69, 9.17) is 13.3 Å². The summed E-state index contributed by atoms with van der Waals surface area (Å²) < 4.78 is 17.9. The number of hydrogen-bond acceptors (Lipinski definition) is 4. The lowest BCUT2D eigenvalue weighted by atomic mass is 10.1. The quantitative estimate of drug-likeness (QED) is 0.358. The van der Waals surface area contributed by atoms with Gasteiger partial charge in [0.25, 0.3) is 0 Å². The van der Waals surface area contributed by atoms with Crippen molar-refractivity contribution in [3.63, 3.8) is 0 Å². The SMILES string of the molecule is CCO[Si](OCC)(OCC)C(=CC1C=CC=C1)C(=O)c1ccccc1. The van der Waals surface area contributed by atoms with Gasteiger partial charge in [-0.15, -0.1) is 0 Å². The highest BCUT2D eigenvalue weighted by molar-refractivity contribution is 6.75. The Labute approximate surface area is 151 Å². The molecule has 134 valence electrons. The number of benzene rings is 1. The maximum Gasteiger partial charge on any atom is 0.540 e. The van der Waals surface area contributed by atoms with Crippen LogP contribution in [0.2, 0.25) is 0 Å². The molecule has 0 aliphatic heterocycles. The molecule has 1 aromatic rings. The van der Waals surface area contributed by atoms with E-state index in [1.807, 2.05) is 69.4 Å². The average molecular weight is 359 g/mol. The molecule has 0 bridgehead atoms. The molecule has 25 heavy (non-hydrogen) atoms. The summed E-state index contributed by atoms with van der Waals surface area (Å²) in [6.07, 6.45) is 9.92. The Morgan fingerprint density at radius 3 is 1.96 bits per heavy atom. The van der Waals surface area contributed by atoms with Crippen molar-refractivity contribution >= 4 is 14.6 Å². The van der Waals surface area contributed by atoms with Crippen LogP contribution < -0.4 is 0 Å². The molecule has 0 aromatic heterocycles. The molecule has 0 N–H and O–H groups in total. The predicted octanol–water partition coefficient (Wildman–Crippen LogP) is 4.13. The van der Waals surface area contributed by atoms with E-state index in [1.54, 1.807) is 12.1 Å². The minimum atomic E-state index is -3.29. The van der Waals surface area contributed by atoms with Crippen LogP contribution in [-0.4, -0.2) is 34.4 Å². The molecule has 1 aliphatic carbocycles. The molecule has 1 aliphatic rings. The number of Topliss-reactive ketones (excluding diaryl/α,β-unsaturated/α-hetero) is 1. The minimum Gasteiger partial charge on any atom is -0.370 e. The zero-order valence-corrected chi connectivity index (χ0v) is 16.1. The third-order valence-corrected chi connectivity index (χ3v) is 6.81. The summed E-state index contributed by atoms with van der Waals surface area (Å²) >= 11 is 0. The molecule has 1 aromatic carbocycles. The lowest BCUT2D eigenvalue weighted by Crippen LogP contribution is -2.51. The van der Waals surface area contributed by atoms with Crippen molar-refractivity contribution < 1.29 is 18.1 Å². The maximum atomic E-state index is 13.3. The van der Waals surface area contributed by atoms with E-state index >= 15 is 0 Å². The zero-order valence-electron chi connectivity index (χ0n) is 15.1. The van der Waals surface area contributed by atoms with Gasteiger partial charge in [-0.05, 0) is 20.8 Å². The summed E-state index contributed by atoms with van der Waals surface area (Å²) in [4.78, 5) is 13.3. The molecule has 0 amide bonds. The molecular weight excluding hydrogens is 332 g/mol. The van der Waals surface area contributed by atoms with Crippen molar-refractivity contribution in [3.05, 3.63) is 71.5 Å². The standard InChI is InChI=1S/C20H26O4Si/c1-4-22-25(23-5-2,24-6-3)19(16-17-12-10-11-13-17)20(21)18-14-8-7-9-15-18/h7-17H,4-6H2,1-3H3. The fraction of sp³-hybridized carbons (Fsp3) is 0.350. The van der Waals surface area contributed by atoms with Gasteiger partial charge in [-0.1, -0.05) is 60.7 Å². The second-order valence-electron chi connectivity index (χ2n) is 5.48. The summed E-state index contributed by atoms with van der Waals surface area (Å²) in [6.45, 7) is 6.92. The summed E-state index contributed by atoms with van der Waals surface area (Å²) in [5, 5.41) is 0.505. The fourth-order valence-electron chi connectivity index (χ4n) is 2.74. The van der Waals surface area contributed by atoms with E-state index in [1.165, 1.54) is 0 Å². The normalized spacial score (nSPS) is 15.1. The number of carbonyl (C=O) groups is 1. The summed E-state index contributed by atoms with van der Waals surface area (Å²) in [5.41, 5.74) is 0.607. The second kappa shape index (κ2) is 9.63. The van der Waals surface area contributed by atoms with Gasteiger partial charge < -0.3 is 13.3 Å². The number of ketones is 1. The lowest BCUT2D eigenvalue weighted by Gasteiger charge is -2.30. The number of allylic oxidation sites excluding steroid dienone is 6. The molecule has 0 atom stereocenters. The smallest absolute Gasteiger partial charge is 0.370 e. The molecule has 0 spiro atoms. The van der Waals surface area contributed by atoms with Crippen LogP contribution in [0.4, 0.5) is 0 Å².